The van der Waals surface area contributed by atoms with Gasteiger partial charge in [0, 0.05) is 6.04 Å². The minimum absolute atomic E-state index is 0.0228. The zero-order valence-electron chi connectivity index (χ0n) is 27.2. The second kappa shape index (κ2) is 19.4. The van der Waals surface area contributed by atoms with E-state index >= 15 is 0 Å². The van der Waals surface area contributed by atoms with Gasteiger partial charge in [-0.25, -0.2) is 5.09 Å². The van der Waals surface area contributed by atoms with Gasteiger partial charge < -0.3 is 25.0 Å². The summed E-state index contributed by atoms with van der Waals surface area (Å²) in [5.74, 6) is 0.00860. The highest BCUT2D eigenvalue weighted by Crippen LogP contribution is 2.44. The minimum atomic E-state index is -3.54. The van der Waals surface area contributed by atoms with Crippen molar-refractivity contribution in [3.05, 3.63) is 77.4 Å². The number of ether oxygens (including phenoxy) is 1. The molecule has 0 spiro atoms. The monoisotopic (exact) mass is 629 g/mol. The molecule has 1 unspecified atom stereocenters. The van der Waals surface area contributed by atoms with E-state index in [4.69, 9.17) is 9.26 Å². The number of aliphatic hydroxyl groups is 1. The molecule has 0 saturated carbocycles. The van der Waals surface area contributed by atoms with Gasteiger partial charge >= 0.3 is 13.5 Å². The summed E-state index contributed by atoms with van der Waals surface area (Å²) in [7, 11) is -3.54. The van der Waals surface area contributed by atoms with Gasteiger partial charge in [0.15, 0.2) is 0 Å². The van der Waals surface area contributed by atoms with Crippen LogP contribution < -0.4 is 20.2 Å². The lowest BCUT2D eigenvalue weighted by Crippen LogP contribution is -2.48. The smallest absolute Gasteiger partial charge is 0.323 e. The lowest BCUT2D eigenvalue weighted by molar-refractivity contribution is -0.146. The van der Waals surface area contributed by atoms with Crippen LogP contribution in [0.4, 0.5) is 0 Å². The zero-order valence-corrected chi connectivity index (χ0v) is 28.1. The molecular weight excluding hydrogens is 577 g/mol. The number of hydrogen-bond donors (Lipinski definition) is 4. The molecule has 4 N–H and O–H groups in total. The maximum atomic E-state index is 13.9. The summed E-state index contributed by atoms with van der Waals surface area (Å²) < 4.78 is 25.2. The number of hydrogen-bond acceptors (Lipinski definition) is 7. The zero-order chi connectivity index (χ0) is 32.5. The molecule has 2 rings (SSSR count). The Morgan fingerprint density at radius 2 is 1.66 bits per heavy atom. The fourth-order valence-electron chi connectivity index (χ4n) is 4.35. The van der Waals surface area contributed by atoms with E-state index in [0.717, 1.165) is 24.0 Å². The maximum Gasteiger partial charge on any atom is 0.323 e. The summed E-state index contributed by atoms with van der Waals surface area (Å²) in [5.41, 5.74) is 2.95. The van der Waals surface area contributed by atoms with Crippen LogP contribution in [0.3, 0.4) is 0 Å². The molecule has 0 aliphatic heterocycles. The topological polar surface area (TPSA) is 126 Å². The molecule has 10 heteroatoms. The molecule has 0 aromatic heterocycles. The Kier molecular flexibility index (Phi) is 16.4. The van der Waals surface area contributed by atoms with E-state index in [9.17, 15) is 19.3 Å². The van der Waals surface area contributed by atoms with Crippen molar-refractivity contribution in [3.63, 3.8) is 0 Å². The van der Waals surface area contributed by atoms with Crippen molar-refractivity contribution in [2.45, 2.75) is 85.4 Å². The van der Waals surface area contributed by atoms with Crippen LogP contribution in [0, 0.1) is 5.92 Å². The summed E-state index contributed by atoms with van der Waals surface area (Å²) in [6.07, 6.45) is 4.63. The van der Waals surface area contributed by atoms with Gasteiger partial charge in [-0.3, -0.25) is 14.2 Å². The van der Waals surface area contributed by atoms with Gasteiger partial charge in [0.1, 0.15) is 11.8 Å². The van der Waals surface area contributed by atoms with E-state index in [-0.39, 0.29) is 37.2 Å². The second-order valence-corrected chi connectivity index (χ2v) is 14.2. The number of esters is 1. The van der Waals surface area contributed by atoms with E-state index in [1.165, 1.54) is 5.56 Å². The van der Waals surface area contributed by atoms with Crippen LogP contribution in [0.5, 0.6) is 5.75 Å². The van der Waals surface area contributed by atoms with Gasteiger partial charge in [0.05, 0.1) is 25.4 Å². The molecule has 0 radical (unpaired) electrons. The predicted molar refractivity (Wildman–Crippen MR) is 177 cm³/mol. The number of carbonyl (C=O) groups excluding carboxylic acids is 2. The number of nitrogens with one attached hydrogen (secondary N) is 3. The SMILES string of the molecule is C/C(=C\CCP(=O)(N[C@@H](C)C(=O)OCC(C)C)Oc1ccc(C[C@H](NCCCc2ccccc2)C(=O)NC(C)C)cc1)CO. The van der Waals surface area contributed by atoms with Crippen LogP contribution in [0.15, 0.2) is 66.2 Å². The molecule has 0 bridgehead atoms. The van der Waals surface area contributed by atoms with E-state index < -0.39 is 25.6 Å². The molecule has 244 valence electrons. The molecule has 0 fully saturated rings. The quantitative estimate of drug-likeness (QED) is 0.0662. The van der Waals surface area contributed by atoms with Crippen molar-refractivity contribution < 1.29 is 28.5 Å². The first-order valence-corrected chi connectivity index (χ1v) is 17.4. The Morgan fingerprint density at radius 1 is 0.977 bits per heavy atom. The fourth-order valence-corrected chi connectivity index (χ4v) is 6.25. The standard InChI is InChI=1S/C34H52N3O6P/c1-25(2)24-42-34(40)28(6)37-44(41,21-11-12-27(5)23-38)43-31-18-16-30(17-19-31)22-32(33(39)36-26(3)4)35-20-10-15-29-13-8-7-9-14-29/h7-9,12-14,16-19,25-26,28,32,35,38H,10-11,15,20-24H2,1-6H3,(H,36,39)(H,37,41)/b27-12+/t28-,32-,44?/m0/s1. The van der Waals surface area contributed by atoms with Gasteiger partial charge in [0.2, 0.25) is 5.91 Å². The minimum Gasteiger partial charge on any atom is -0.464 e. The third-order valence-electron chi connectivity index (χ3n) is 6.71. The number of amides is 1. The molecule has 0 aliphatic carbocycles. The van der Waals surface area contributed by atoms with Gasteiger partial charge in [-0.1, -0.05) is 68.0 Å². The van der Waals surface area contributed by atoms with Gasteiger partial charge in [-0.05, 0) is 89.1 Å². The van der Waals surface area contributed by atoms with Gasteiger partial charge in [-0.2, -0.15) is 0 Å². The van der Waals surface area contributed by atoms with Crippen molar-refractivity contribution in [2.75, 3.05) is 25.9 Å². The van der Waals surface area contributed by atoms with E-state index in [2.05, 4.69) is 27.9 Å². The highest BCUT2D eigenvalue weighted by molar-refractivity contribution is 7.57. The van der Waals surface area contributed by atoms with Crippen LogP contribution in [0.25, 0.3) is 0 Å². The van der Waals surface area contributed by atoms with Crippen LogP contribution in [0.2, 0.25) is 0 Å². The lowest BCUT2D eigenvalue weighted by Gasteiger charge is -2.24. The third-order valence-corrected chi connectivity index (χ3v) is 8.84. The number of benzene rings is 2. The highest BCUT2D eigenvalue weighted by atomic mass is 31.2. The maximum absolute atomic E-state index is 13.9. The molecule has 9 nitrogen and oxygen atoms in total. The summed E-state index contributed by atoms with van der Waals surface area (Å²) in [6.45, 7) is 12.0. The largest absolute Gasteiger partial charge is 0.464 e. The molecule has 1 amide bonds. The van der Waals surface area contributed by atoms with Crippen LogP contribution >= 0.6 is 7.52 Å². The summed E-state index contributed by atoms with van der Waals surface area (Å²) in [5, 5.41) is 18.6. The van der Waals surface area contributed by atoms with Crippen LogP contribution in [0.1, 0.15) is 65.5 Å². The molecule has 0 saturated heterocycles. The van der Waals surface area contributed by atoms with Crippen molar-refractivity contribution in [1.29, 1.82) is 0 Å². The van der Waals surface area contributed by atoms with Crippen LogP contribution in [-0.4, -0.2) is 61.0 Å². The second-order valence-electron chi connectivity index (χ2n) is 12.0. The Bertz CT molecular complexity index is 1220. The van der Waals surface area contributed by atoms with Crippen LogP contribution in [-0.2, 0) is 31.7 Å². The predicted octanol–water partition coefficient (Wildman–Crippen LogP) is 5.42. The average molecular weight is 630 g/mol. The lowest BCUT2D eigenvalue weighted by atomic mass is 10.0. The average Bonchev–Trinajstić information content (AvgIpc) is 2.98. The van der Waals surface area contributed by atoms with Gasteiger partial charge in [0.25, 0.3) is 0 Å². The van der Waals surface area contributed by atoms with Crippen molar-refractivity contribution >= 4 is 19.4 Å². The molecule has 2 aromatic rings. The first-order valence-electron chi connectivity index (χ1n) is 15.6. The summed E-state index contributed by atoms with van der Waals surface area (Å²) in [6, 6.07) is 16.2. The van der Waals surface area contributed by atoms with E-state index in [1.54, 1.807) is 32.1 Å². The number of aryl methyl sites for hydroxylation is 1. The summed E-state index contributed by atoms with van der Waals surface area (Å²) >= 11 is 0. The summed E-state index contributed by atoms with van der Waals surface area (Å²) in [4.78, 5) is 25.5. The van der Waals surface area contributed by atoms with Crippen molar-refractivity contribution in [1.82, 2.24) is 15.7 Å². The molecule has 2 aromatic carbocycles. The number of rotatable bonds is 20. The molecular formula is C34H52N3O6P. The Hall–Kier alpha value is -2.97. The molecule has 3 atom stereocenters. The van der Waals surface area contributed by atoms with Crippen molar-refractivity contribution in [3.8, 4) is 5.75 Å². The number of carbonyl (C=O) groups is 2. The van der Waals surface area contributed by atoms with E-state index in [1.807, 2.05) is 58.0 Å². The molecule has 0 heterocycles. The molecule has 44 heavy (non-hydrogen) atoms. The third kappa shape index (κ3) is 14.7. The van der Waals surface area contributed by atoms with Crippen molar-refractivity contribution in [2.24, 2.45) is 5.92 Å². The first-order chi connectivity index (χ1) is 20.9. The van der Waals surface area contributed by atoms with Gasteiger partial charge in [-0.15, -0.1) is 0 Å². The highest BCUT2D eigenvalue weighted by Gasteiger charge is 2.30. The van der Waals surface area contributed by atoms with E-state index in [0.29, 0.717) is 25.1 Å². The normalized spacial score (nSPS) is 14.6. The number of allylic oxidation sites excluding steroid dienone is 1. The molecule has 0 aliphatic rings. The first kappa shape index (κ1) is 37.2. The fraction of sp³-hybridized carbons (Fsp3) is 0.529. The Morgan fingerprint density at radius 3 is 2.27 bits per heavy atom. The Balaban J connectivity index is 2.10. The number of aliphatic hydroxyl groups excluding tert-OH is 1. The Labute approximate surface area is 263 Å².